The maximum Gasteiger partial charge on any atom is 0.416 e. The van der Waals surface area contributed by atoms with Crippen LogP contribution < -0.4 is 10.5 Å². The second-order valence-electron chi connectivity index (χ2n) is 6.10. The van der Waals surface area contributed by atoms with E-state index in [-0.39, 0.29) is 23.2 Å². The van der Waals surface area contributed by atoms with Crippen molar-refractivity contribution in [1.29, 1.82) is 0 Å². The first-order chi connectivity index (χ1) is 9.16. The number of pyridine rings is 1. The van der Waals surface area contributed by atoms with E-state index >= 15 is 0 Å². The summed E-state index contributed by atoms with van der Waals surface area (Å²) in [5.41, 5.74) is 4.87. The normalized spacial score (nSPS) is 19.9. The van der Waals surface area contributed by atoms with Gasteiger partial charge in [0, 0.05) is 6.07 Å². The zero-order chi connectivity index (χ0) is 15.0. The van der Waals surface area contributed by atoms with Crippen LogP contribution in [0.5, 0.6) is 5.88 Å². The Morgan fingerprint density at radius 2 is 1.85 bits per heavy atom. The Morgan fingerprint density at radius 1 is 1.25 bits per heavy atom. The highest BCUT2D eigenvalue weighted by atomic mass is 19.4. The van der Waals surface area contributed by atoms with E-state index in [4.69, 9.17) is 10.5 Å². The highest BCUT2D eigenvalue weighted by Crippen LogP contribution is 2.37. The first-order valence-electron chi connectivity index (χ1n) is 6.67. The van der Waals surface area contributed by atoms with Crippen molar-refractivity contribution in [2.45, 2.75) is 51.8 Å². The lowest BCUT2D eigenvalue weighted by Gasteiger charge is -2.34. The van der Waals surface area contributed by atoms with Crippen molar-refractivity contribution in [3.05, 3.63) is 17.7 Å². The fourth-order valence-electron chi connectivity index (χ4n) is 2.41. The van der Waals surface area contributed by atoms with E-state index in [0.717, 1.165) is 37.8 Å². The molecule has 3 nitrogen and oxygen atoms in total. The van der Waals surface area contributed by atoms with E-state index in [2.05, 4.69) is 18.8 Å². The van der Waals surface area contributed by atoms with Gasteiger partial charge in [-0.15, -0.1) is 0 Å². The van der Waals surface area contributed by atoms with Crippen LogP contribution in [-0.2, 0) is 6.18 Å². The quantitative estimate of drug-likeness (QED) is 0.893. The van der Waals surface area contributed by atoms with Gasteiger partial charge in [-0.05, 0) is 37.2 Å². The summed E-state index contributed by atoms with van der Waals surface area (Å²) in [5, 5.41) is 0. The molecule has 0 bridgehead atoms. The van der Waals surface area contributed by atoms with E-state index in [1.54, 1.807) is 0 Å². The lowest BCUT2D eigenvalue weighted by atomic mass is 9.76. The van der Waals surface area contributed by atoms with Crippen molar-refractivity contribution in [3.8, 4) is 5.88 Å². The Labute approximate surface area is 116 Å². The molecule has 1 heterocycles. The molecule has 0 atom stereocenters. The Balaban J connectivity index is 2.09. The van der Waals surface area contributed by atoms with Gasteiger partial charge in [-0.3, -0.25) is 0 Å². The first kappa shape index (κ1) is 14.9. The molecule has 1 aliphatic carbocycles. The third-order valence-electron chi connectivity index (χ3n) is 3.72. The lowest BCUT2D eigenvalue weighted by molar-refractivity contribution is -0.137. The SMILES string of the molecule is CC1(C)CCC(Oc2cc(C(F)(F)F)cc(N)n2)CC1. The predicted molar refractivity (Wildman–Crippen MR) is 70.3 cm³/mol. The van der Waals surface area contributed by atoms with E-state index in [0.29, 0.717) is 0 Å². The molecule has 0 aromatic carbocycles. The molecule has 1 aliphatic rings. The van der Waals surface area contributed by atoms with E-state index in [9.17, 15) is 13.2 Å². The summed E-state index contributed by atoms with van der Waals surface area (Å²) >= 11 is 0. The van der Waals surface area contributed by atoms with Crippen LogP contribution in [0.2, 0.25) is 0 Å². The molecule has 0 aliphatic heterocycles. The second kappa shape index (κ2) is 5.14. The molecule has 2 rings (SSSR count). The minimum Gasteiger partial charge on any atom is -0.474 e. The number of rotatable bonds is 2. The molecule has 112 valence electrons. The van der Waals surface area contributed by atoms with Gasteiger partial charge in [-0.25, -0.2) is 0 Å². The van der Waals surface area contributed by atoms with Gasteiger partial charge in [0.15, 0.2) is 0 Å². The molecule has 0 unspecified atom stereocenters. The van der Waals surface area contributed by atoms with E-state index in [1.165, 1.54) is 0 Å². The predicted octanol–water partition coefficient (Wildman–Crippen LogP) is 4.03. The Morgan fingerprint density at radius 3 is 2.40 bits per heavy atom. The summed E-state index contributed by atoms with van der Waals surface area (Å²) in [5.74, 6) is -0.215. The number of anilines is 1. The van der Waals surface area contributed by atoms with Crippen LogP contribution in [0, 0.1) is 5.41 Å². The van der Waals surface area contributed by atoms with Gasteiger partial charge < -0.3 is 10.5 Å². The molecular formula is C14H19F3N2O. The van der Waals surface area contributed by atoms with Gasteiger partial charge in [0.25, 0.3) is 0 Å². The fraction of sp³-hybridized carbons (Fsp3) is 0.643. The number of ether oxygens (including phenoxy) is 1. The third kappa shape index (κ3) is 3.77. The number of nitrogens with two attached hydrogens (primary N) is 1. The van der Waals surface area contributed by atoms with Crippen LogP contribution >= 0.6 is 0 Å². The summed E-state index contributed by atoms with van der Waals surface area (Å²) < 4.78 is 43.6. The summed E-state index contributed by atoms with van der Waals surface area (Å²) in [6.07, 6.45) is -0.893. The van der Waals surface area contributed by atoms with Crippen LogP contribution in [0.4, 0.5) is 19.0 Å². The highest BCUT2D eigenvalue weighted by Gasteiger charge is 2.33. The maximum atomic E-state index is 12.7. The molecule has 0 saturated heterocycles. The van der Waals surface area contributed by atoms with Gasteiger partial charge in [0.05, 0.1) is 5.56 Å². The van der Waals surface area contributed by atoms with Crippen molar-refractivity contribution in [2.75, 3.05) is 5.73 Å². The van der Waals surface area contributed by atoms with Gasteiger partial charge >= 0.3 is 6.18 Å². The molecule has 1 aromatic rings. The standard InChI is InChI=1S/C14H19F3N2O/c1-13(2)5-3-10(4-6-13)20-12-8-9(14(15,16)17)7-11(18)19-12/h7-8,10H,3-6H2,1-2H3,(H2,18,19). The monoisotopic (exact) mass is 288 g/mol. The van der Waals surface area contributed by atoms with Crippen molar-refractivity contribution >= 4 is 5.82 Å². The van der Waals surface area contributed by atoms with Crippen LogP contribution in [0.25, 0.3) is 0 Å². The molecule has 2 N–H and O–H groups in total. The zero-order valence-corrected chi connectivity index (χ0v) is 11.6. The first-order valence-corrected chi connectivity index (χ1v) is 6.67. The summed E-state index contributed by atoms with van der Waals surface area (Å²) in [6.45, 7) is 4.37. The fourth-order valence-corrected chi connectivity index (χ4v) is 2.41. The summed E-state index contributed by atoms with van der Waals surface area (Å²) in [4.78, 5) is 3.83. The molecule has 1 saturated carbocycles. The van der Waals surface area contributed by atoms with Crippen LogP contribution in [-0.4, -0.2) is 11.1 Å². The van der Waals surface area contributed by atoms with Crippen molar-refractivity contribution in [2.24, 2.45) is 5.41 Å². The smallest absolute Gasteiger partial charge is 0.416 e. The van der Waals surface area contributed by atoms with Crippen molar-refractivity contribution in [1.82, 2.24) is 4.98 Å². The molecule has 0 amide bonds. The van der Waals surface area contributed by atoms with Crippen molar-refractivity contribution in [3.63, 3.8) is 0 Å². The van der Waals surface area contributed by atoms with E-state index in [1.807, 2.05) is 0 Å². The number of hydrogen-bond donors (Lipinski definition) is 1. The molecule has 1 fully saturated rings. The number of nitrogens with zero attached hydrogens (tertiary/aromatic N) is 1. The minimum absolute atomic E-state index is 0.0398. The lowest BCUT2D eigenvalue weighted by Crippen LogP contribution is -2.28. The van der Waals surface area contributed by atoms with Crippen molar-refractivity contribution < 1.29 is 17.9 Å². The van der Waals surface area contributed by atoms with E-state index < -0.39 is 11.7 Å². The molecular weight excluding hydrogens is 269 g/mol. The van der Waals surface area contributed by atoms with Gasteiger partial charge in [0.2, 0.25) is 5.88 Å². The van der Waals surface area contributed by atoms with Gasteiger partial charge in [0.1, 0.15) is 11.9 Å². The minimum atomic E-state index is -4.44. The maximum absolute atomic E-state index is 12.7. The molecule has 0 spiro atoms. The molecule has 0 radical (unpaired) electrons. The van der Waals surface area contributed by atoms with Gasteiger partial charge in [-0.2, -0.15) is 18.2 Å². The molecule has 1 aromatic heterocycles. The zero-order valence-electron chi connectivity index (χ0n) is 11.6. The molecule has 20 heavy (non-hydrogen) atoms. The largest absolute Gasteiger partial charge is 0.474 e. The average molecular weight is 288 g/mol. The van der Waals surface area contributed by atoms with Crippen LogP contribution in [0.3, 0.4) is 0 Å². The highest BCUT2D eigenvalue weighted by molar-refractivity contribution is 5.38. The number of alkyl halides is 3. The summed E-state index contributed by atoms with van der Waals surface area (Å²) in [7, 11) is 0. The Hall–Kier alpha value is -1.46. The second-order valence-corrected chi connectivity index (χ2v) is 6.10. The number of aromatic nitrogens is 1. The third-order valence-corrected chi connectivity index (χ3v) is 3.72. The van der Waals surface area contributed by atoms with Gasteiger partial charge in [-0.1, -0.05) is 13.8 Å². The summed E-state index contributed by atoms with van der Waals surface area (Å²) in [6, 6.07) is 1.73. The topological polar surface area (TPSA) is 48.1 Å². The van der Waals surface area contributed by atoms with Crippen LogP contribution in [0.1, 0.15) is 45.1 Å². The Kier molecular flexibility index (Phi) is 3.84. The number of halogens is 3. The van der Waals surface area contributed by atoms with Crippen LogP contribution in [0.15, 0.2) is 12.1 Å². The number of hydrogen-bond acceptors (Lipinski definition) is 3. The number of nitrogen functional groups attached to an aromatic ring is 1. The Bertz CT molecular complexity index is 476. The molecule has 6 heteroatoms. The average Bonchev–Trinajstić information content (AvgIpc) is 2.30.